The molecule has 1 aliphatic heterocycles. The summed E-state index contributed by atoms with van der Waals surface area (Å²) in [5.41, 5.74) is 2.78. The molecule has 1 saturated heterocycles. The third kappa shape index (κ3) is 4.57. The molecule has 0 aromatic heterocycles. The molecule has 0 saturated carbocycles. The highest BCUT2D eigenvalue weighted by atomic mass is 32.2. The Morgan fingerprint density at radius 1 is 1.07 bits per heavy atom. The Balaban J connectivity index is 1.60. The molecule has 2 aromatic carbocycles. The first-order valence-electron chi connectivity index (χ1n) is 9.37. The maximum absolute atomic E-state index is 12.7. The summed E-state index contributed by atoms with van der Waals surface area (Å²) >= 11 is 0. The van der Waals surface area contributed by atoms with Crippen LogP contribution in [0.5, 0.6) is 0 Å². The molecule has 1 fully saturated rings. The van der Waals surface area contributed by atoms with E-state index in [-0.39, 0.29) is 16.8 Å². The van der Waals surface area contributed by atoms with E-state index in [0.29, 0.717) is 31.5 Å². The van der Waals surface area contributed by atoms with Gasteiger partial charge in [0.1, 0.15) is 0 Å². The number of nitrogens with one attached hydrogen (secondary N) is 1. The Morgan fingerprint density at radius 3 is 2.30 bits per heavy atom. The van der Waals surface area contributed by atoms with Crippen molar-refractivity contribution in [2.75, 3.05) is 13.1 Å². The van der Waals surface area contributed by atoms with E-state index < -0.39 is 10.0 Å². The number of carbonyl (C=O) groups excluding carboxylic acids is 1. The Hall–Kier alpha value is -2.18. The smallest absolute Gasteiger partial charge is 0.254 e. The molecule has 0 radical (unpaired) electrons. The van der Waals surface area contributed by atoms with Crippen LogP contribution in [0.1, 0.15) is 41.3 Å². The van der Waals surface area contributed by atoms with Crippen LogP contribution in [-0.4, -0.2) is 38.4 Å². The van der Waals surface area contributed by atoms with Gasteiger partial charge in [0.2, 0.25) is 10.0 Å². The van der Waals surface area contributed by atoms with Crippen LogP contribution in [0.3, 0.4) is 0 Å². The maximum Gasteiger partial charge on any atom is 0.254 e. The Morgan fingerprint density at radius 2 is 1.70 bits per heavy atom. The largest absolute Gasteiger partial charge is 0.339 e. The SMILES string of the molecule is CCc1ccc(S(=O)(=O)NC2CCN(C(=O)c3ccccc3C)CC2)cc1. The molecule has 1 amide bonds. The summed E-state index contributed by atoms with van der Waals surface area (Å²) in [5.74, 6) is 0.0181. The molecule has 6 heteroatoms. The number of amides is 1. The average molecular weight is 387 g/mol. The van der Waals surface area contributed by atoms with Crippen molar-refractivity contribution in [2.45, 2.75) is 44.0 Å². The molecule has 2 aromatic rings. The van der Waals surface area contributed by atoms with E-state index in [4.69, 9.17) is 0 Å². The summed E-state index contributed by atoms with van der Waals surface area (Å²) in [5, 5.41) is 0. The normalized spacial score (nSPS) is 15.7. The monoisotopic (exact) mass is 386 g/mol. The molecule has 27 heavy (non-hydrogen) atoms. The number of benzene rings is 2. The van der Waals surface area contributed by atoms with Crippen LogP contribution in [0.15, 0.2) is 53.4 Å². The number of aryl methyl sites for hydroxylation is 2. The topological polar surface area (TPSA) is 66.5 Å². The second kappa shape index (κ2) is 8.23. The lowest BCUT2D eigenvalue weighted by atomic mass is 10.0. The number of hydrogen-bond acceptors (Lipinski definition) is 3. The van der Waals surface area contributed by atoms with Crippen LogP contribution in [0, 0.1) is 6.92 Å². The van der Waals surface area contributed by atoms with Crippen molar-refractivity contribution in [3.8, 4) is 0 Å². The molecule has 0 atom stereocenters. The van der Waals surface area contributed by atoms with Gasteiger partial charge in [-0.05, 0) is 55.5 Å². The molecule has 3 rings (SSSR count). The van der Waals surface area contributed by atoms with E-state index in [1.165, 1.54) is 0 Å². The quantitative estimate of drug-likeness (QED) is 0.858. The van der Waals surface area contributed by atoms with E-state index in [1.807, 2.05) is 55.1 Å². The average Bonchev–Trinajstić information content (AvgIpc) is 2.68. The number of likely N-dealkylation sites (tertiary alicyclic amines) is 1. The van der Waals surface area contributed by atoms with E-state index >= 15 is 0 Å². The van der Waals surface area contributed by atoms with Crippen LogP contribution in [0.25, 0.3) is 0 Å². The van der Waals surface area contributed by atoms with Crippen molar-refractivity contribution in [1.29, 1.82) is 0 Å². The lowest BCUT2D eigenvalue weighted by Crippen LogP contribution is -2.46. The highest BCUT2D eigenvalue weighted by Gasteiger charge is 2.27. The second-order valence-corrected chi connectivity index (χ2v) is 8.71. The number of nitrogens with zero attached hydrogens (tertiary/aromatic N) is 1. The molecule has 0 aliphatic carbocycles. The summed E-state index contributed by atoms with van der Waals surface area (Å²) in [7, 11) is -3.53. The van der Waals surface area contributed by atoms with Crippen molar-refractivity contribution in [3.05, 3.63) is 65.2 Å². The Labute approximate surface area is 161 Å². The number of carbonyl (C=O) groups is 1. The van der Waals surface area contributed by atoms with Gasteiger partial charge in [-0.15, -0.1) is 0 Å². The van der Waals surface area contributed by atoms with Gasteiger partial charge in [0.05, 0.1) is 4.90 Å². The minimum absolute atomic E-state index is 0.0181. The first-order valence-corrected chi connectivity index (χ1v) is 10.8. The van der Waals surface area contributed by atoms with E-state index in [2.05, 4.69) is 4.72 Å². The van der Waals surface area contributed by atoms with Crippen molar-refractivity contribution in [3.63, 3.8) is 0 Å². The van der Waals surface area contributed by atoms with Crippen molar-refractivity contribution >= 4 is 15.9 Å². The lowest BCUT2D eigenvalue weighted by Gasteiger charge is -2.32. The first kappa shape index (κ1) is 19.6. The Bertz CT molecular complexity index is 899. The van der Waals surface area contributed by atoms with Gasteiger partial charge in [0.15, 0.2) is 0 Å². The van der Waals surface area contributed by atoms with Gasteiger partial charge in [-0.25, -0.2) is 13.1 Å². The fourth-order valence-electron chi connectivity index (χ4n) is 3.38. The van der Waals surface area contributed by atoms with Crippen LogP contribution in [0.2, 0.25) is 0 Å². The molecule has 144 valence electrons. The first-order chi connectivity index (χ1) is 12.9. The van der Waals surface area contributed by atoms with E-state index in [1.54, 1.807) is 12.1 Å². The summed E-state index contributed by atoms with van der Waals surface area (Å²) in [6, 6.07) is 14.4. The summed E-state index contributed by atoms with van der Waals surface area (Å²) in [6.07, 6.45) is 2.11. The molecule has 1 heterocycles. The van der Waals surface area contributed by atoms with Gasteiger partial charge in [-0.3, -0.25) is 4.79 Å². The summed E-state index contributed by atoms with van der Waals surface area (Å²) < 4.78 is 28.0. The zero-order valence-corrected chi connectivity index (χ0v) is 16.6. The van der Waals surface area contributed by atoms with Crippen molar-refractivity contribution in [2.24, 2.45) is 0 Å². The van der Waals surface area contributed by atoms with Crippen molar-refractivity contribution in [1.82, 2.24) is 9.62 Å². The Kier molecular flexibility index (Phi) is 5.97. The third-order valence-electron chi connectivity index (χ3n) is 5.12. The predicted molar refractivity (Wildman–Crippen MR) is 106 cm³/mol. The molecule has 0 unspecified atom stereocenters. The number of sulfonamides is 1. The number of rotatable bonds is 5. The van der Waals surface area contributed by atoms with Crippen molar-refractivity contribution < 1.29 is 13.2 Å². The standard InChI is InChI=1S/C21H26N2O3S/c1-3-17-8-10-19(11-9-17)27(25,26)22-18-12-14-23(15-13-18)21(24)20-7-5-4-6-16(20)2/h4-11,18,22H,3,12-15H2,1-2H3. The molecule has 1 aliphatic rings. The molecular formula is C21H26N2O3S. The van der Waals surface area contributed by atoms with E-state index in [0.717, 1.165) is 17.5 Å². The molecule has 5 nitrogen and oxygen atoms in total. The lowest BCUT2D eigenvalue weighted by molar-refractivity contribution is 0.0710. The fourth-order valence-corrected chi connectivity index (χ4v) is 4.68. The predicted octanol–water partition coefficient (Wildman–Crippen LogP) is 3.14. The maximum atomic E-state index is 12.7. The minimum Gasteiger partial charge on any atom is -0.339 e. The van der Waals surface area contributed by atoms with Gasteiger partial charge in [-0.2, -0.15) is 0 Å². The van der Waals surface area contributed by atoms with Gasteiger partial charge >= 0.3 is 0 Å². The van der Waals surface area contributed by atoms with Gasteiger partial charge in [-0.1, -0.05) is 37.3 Å². The molecule has 0 spiro atoms. The van der Waals surface area contributed by atoms with Crippen LogP contribution in [0.4, 0.5) is 0 Å². The molecule has 1 N–H and O–H groups in total. The number of hydrogen-bond donors (Lipinski definition) is 1. The molecular weight excluding hydrogens is 360 g/mol. The zero-order valence-electron chi connectivity index (χ0n) is 15.8. The van der Waals surface area contributed by atoms with E-state index in [9.17, 15) is 13.2 Å². The fraction of sp³-hybridized carbons (Fsp3) is 0.381. The van der Waals surface area contributed by atoms with Gasteiger partial charge in [0, 0.05) is 24.7 Å². The van der Waals surface area contributed by atoms with Crippen LogP contribution >= 0.6 is 0 Å². The van der Waals surface area contributed by atoms with Crippen LogP contribution < -0.4 is 4.72 Å². The number of piperidine rings is 1. The highest BCUT2D eigenvalue weighted by molar-refractivity contribution is 7.89. The summed E-state index contributed by atoms with van der Waals surface area (Å²) in [4.78, 5) is 14.8. The van der Waals surface area contributed by atoms with Gasteiger partial charge in [0.25, 0.3) is 5.91 Å². The van der Waals surface area contributed by atoms with Crippen LogP contribution in [-0.2, 0) is 16.4 Å². The zero-order chi connectivity index (χ0) is 19.4. The molecule has 0 bridgehead atoms. The van der Waals surface area contributed by atoms with Gasteiger partial charge < -0.3 is 4.90 Å². The summed E-state index contributed by atoms with van der Waals surface area (Å²) in [6.45, 7) is 5.07. The second-order valence-electron chi connectivity index (χ2n) is 7.00. The third-order valence-corrected chi connectivity index (χ3v) is 6.66. The minimum atomic E-state index is -3.53. The highest BCUT2D eigenvalue weighted by Crippen LogP contribution is 2.18.